The lowest BCUT2D eigenvalue weighted by Crippen LogP contribution is -2.38. The molecule has 0 aliphatic rings. The van der Waals surface area contributed by atoms with E-state index in [2.05, 4.69) is 5.32 Å². The maximum absolute atomic E-state index is 11.9. The van der Waals surface area contributed by atoms with E-state index >= 15 is 0 Å². The fourth-order valence-electron chi connectivity index (χ4n) is 1.36. The molecule has 0 saturated heterocycles. The first-order valence-electron chi connectivity index (χ1n) is 5.62. The van der Waals surface area contributed by atoms with Gasteiger partial charge in [-0.15, -0.1) is 0 Å². The third-order valence-electron chi connectivity index (χ3n) is 2.17. The summed E-state index contributed by atoms with van der Waals surface area (Å²) in [5, 5.41) is 11.5. The van der Waals surface area contributed by atoms with Crippen molar-refractivity contribution < 1.29 is 16.0 Å². The molecule has 0 aromatic heterocycles. The maximum Gasteiger partial charge on any atom is 0.254 e. The molecule has 1 aromatic carbocycles. The average Bonchev–Trinajstić information content (AvgIpc) is 2.31. The van der Waals surface area contributed by atoms with Crippen molar-refractivity contribution in [1.82, 2.24) is 5.32 Å². The van der Waals surface area contributed by atoms with Gasteiger partial charge in [-0.05, 0) is 12.5 Å². The molecule has 1 unspecified atom stereocenters. The molecule has 1 aromatic rings. The van der Waals surface area contributed by atoms with Crippen LogP contribution < -0.4 is 5.32 Å². The van der Waals surface area contributed by atoms with Crippen molar-refractivity contribution in [3.05, 3.63) is 35.9 Å². The Labute approximate surface area is 96.6 Å². The van der Waals surface area contributed by atoms with Gasteiger partial charge in [-0.2, -0.15) is 0 Å². The first kappa shape index (κ1) is 11.1. The zero-order valence-corrected chi connectivity index (χ0v) is 9.38. The molecular weight excluding hydrogens is 206 g/mol. The lowest BCUT2D eigenvalue weighted by molar-refractivity contribution is -0.132. The van der Waals surface area contributed by atoms with Gasteiger partial charge in [0.1, 0.15) is 0 Å². The molecule has 0 aliphatic carbocycles. The van der Waals surface area contributed by atoms with Crippen molar-refractivity contribution in [3.63, 3.8) is 0 Å². The van der Waals surface area contributed by atoms with Gasteiger partial charge in [0.25, 0.3) is 5.91 Å². The van der Waals surface area contributed by atoms with Gasteiger partial charge >= 0.3 is 0 Å². The minimum Gasteiger partial charge on any atom is -0.394 e. The molecule has 0 bridgehead atoms. The molecule has 0 saturated carbocycles. The zero-order chi connectivity index (χ0) is 12.8. The lowest BCUT2D eigenvalue weighted by Gasteiger charge is -2.18. The molecule has 0 fully saturated rings. The normalized spacial score (nSPS) is 17.1. The Hall–Kier alpha value is -1.39. The van der Waals surface area contributed by atoms with E-state index in [4.69, 9.17) is 11.2 Å². The summed E-state index contributed by atoms with van der Waals surface area (Å²) in [6, 6.07) is 8.42. The third-order valence-corrected chi connectivity index (χ3v) is 2.17. The highest BCUT2D eigenvalue weighted by atomic mass is 16.5. The van der Waals surface area contributed by atoms with Crippen molar-refractivity contribution in [2.45, 2.75) is 19.1 Å². The minimum atomic E-state index is -1.34. The van der Waals surface area contributed by atoms with Gasteiger partial charge < -0.3 is 15.2 Å². The van der Waals surface area contributed by atoms with Gasteiger partial charge in [-0.3, -0.25) is 4.79 Å². The van der Waals surface area contributed by atoms with E-state index in [1.807, 2.05) is 18.2 Å². The summed E-state index contributed by atoms with van der Waals surface area (Å²) in [6.45, 7) is 0.222. The highest BCUT2D eigenvalue weighted by molar-refractivity contribution is 5.82. The van der Waals surface area contributed by atoms with E-state index in [1.54, 1.807) is 19.1 Å². The van der Waals surface area contributed by atoms with Crippen LogP contribution in [0.2, 0.25) is 0 Å². The number of aliphatic hydroxyl groups is 1. The highest BCUT2D eigenvalue weighted by Gasteiger charge is 2.20. The minimum absolute atomic E-state index is 0.363. The first-order valence-corrected chi connectivity index (χ1v) is 5.04. The van der Waals surface area contributed by atoms with Crippen LogP contribution in [0.15, 0.2) is 30.3 Å². The van der Waals surface area contributed by atoms with Gasteiger partial charge in [-0.1, -0.05) is 30.3 Å². The number of benzene rings is 1. The van der Waals surface area contributed by atoms with E-state index in [9.17, 15) is 4.79 Å². The van der Waals surface area contributed by atoms with Crippen molar-refractivity contribution in [1.29, 1.82) is 0 Å². The second-order valence-electron chi connectivity index (χ2n) is 3.47. The number of nitrogens with one attached hydrogen (secondary N) is 1. The molecule has 0 radical (unpaired) electrons. The number of hydrogen-bond acceptors (Lipinski definition) is 3. The maximum atomic E-state index is 11.9. The van der Waals surface area contributed by atoms with Crippen LogP contribution >= 0.6 is 0 Å². The van der Waals surface area contributed by atoms with Crippen LogP contribution in [-0.4, -0.2) is 30.7 Å². The average molecular weight is 224 g/mol. The van der Waals surface area contributed by atoms with E-state index < -0.39 is 18.7 Å². The predicted molar refractivity (Wildman–Crippen MR) is 60.9 cm³/mol. The van der Waals surface area contributed by atoms with Crippen LogP contribution in [-0.2, 0) is 9.53 Å². The Bertz CT molecular complexity index is 356. The molecule has 2 N–H and O–H groups in total. The molecule has 3 atom stereocenters. The molecule has 1 rings (SSSR count). The lowest BCUT2D eigenvalue weighted by atomic mass is 10.1. The summed E-state index contributed by atoms with van der Waals surface area (Å²) >= 11 is 0. The van der Waals surface area contributed by atoms with Crippen molar-refractivity contribution in [2.24, 2.45) is 0 Å². The summed E-state index contributed by atoms with van der Waals surface area (Å²) in [4.78, 5) is 11.9. The summed E-state index contributed by atoms with van der Waals surface area (Å²) in [6.07, 6.45) is -0.725. The van der Waals surface area contributed by atoms with Gasteiger partial charge in [-0.25, -0.2) is 0 Å². The number of ether oxygens (including phenoxy) is 1. The number of amides is 1. The summed E-state index contributed by atoms with van der Waals surface area (Å²) in [7, 11) is 1.44. The molecule has 0 spiro atoms. The van der Waals surface area contributed by atoms with Crippen LogP contribution in [0.1, 0.15) is 20.0 Å². The Morgan fingerprint density at radius 3 is 2.69 bits per heavy atom. The van der Waals surface area contributed by atoms with Crippen molar-refractivity contribution >= 4 is 5.91 Å². The van der Waals surface area contributed by atoms with Crippen LogP contribution in [0, 0.1) is 0 Å². The quantitative estimate of drug-likeness (QED) is 0.780. The van der Waals surface area contributed by atoms with Crippen LogP contribution in [0.25, 0.3) is 0 Å². The Morgan fingerprint density at radius 2 is 2.19 bits per heavy atom. The van der Waals surface area contributed by atoms with Gasteiger partial charge in [0.2, 0.25) is 0 Å². The number of methoxy groups -OCH3 is 1. The topological polar surface area (TPSA) is 58.6 Å². The number of aliphatic hydroxyl groups excluding tert-OH is 1. The summed E-state index contributed by atoms with van der Waals surface area (Å²) < 4.78 is 12.2. The fourth-order valence-corrected chi connectivity index (χ4v) is 1.36. The molecule has 0 aliphatic heterocycles. The van der Waals surface area contributed by atoms with E-state index in [-0.39, 0.29) is 5.91 Å². The molecule has 0 heterocycles. The number of carbonyl (C=O) groups is 1. The van der Waals surface area contributed by atoms with E-state index in [1.165, 1.54) is 7.11 Å². The second-order valence-corrected chi connectivity index (χ2v) is 3.47. The van der Waals surface area contributed by atoms with Gasteiger partial charge in [0, 0.05) is 13.2 Å². The zero-order valence-electron chi connectivity index (χ0n) is 10.4. The number of hydrogen-bond donors (Lipinski definition) is 2. The molecule has 88 valence electrons. The molecule has 4 nitrogen and oxygen atoms in total. The smallest absolute Gasteiger partial charge is 0.254 e. The van der Waals surface area contributed by atoms with E-state index in [0.29, 0.717) is 0 Å². The number of carbonyl (C=O) groups excluding carboxylic acids is 1. The highest BCUT2D eigenvalue weighted by Crippen LogP contribution is 2.16. The fraction of sp³-hybridized carbons (Fsp3) is 0.417. The van der Waals surface area contributed by atoms with Gasteiger partial charge in [0.05, 0.1) is 7.95 Å². The molecular formula is C12H17NO3. The Balaban J connectivity index is 2.72. The first-order chi connectivity index (χ1) is 8.06. The van der Waals surface area contributed by atoms with Crippen LogP contribution in [0.5, 0.6) is 0 Å². The molecule has 4 heteroatoms. The number of rotatable bonds is 5. The molecule has 16 heavy (non-hydrogen) atoms. The Morgan fingerprint density at radius 1 is 1.56 bits per heavy atom. The SMILES string of the molecule is [2H][C@H](O)[C@H](C)NC(=O)C(OC)c1ccccc1. The monoisotopic (exact) mass is 224 g/mol. The largest absolute Gasteiger partial charge is 0.394 e. The van der Waals surface area contributed by atoms with Crippen LogP contribution in [0.3, 0.4) is 0 Å². The standard InChI is InChI=1S/C12H17NO3/c1-9(8-14)13-12(15)11(16-2)10-6-4-3-5-7-10/h3-7,9,11,14H,8H2,1-2H3,(H,13,15)/t9-,11?/m0/s1/i8D/t8-,9-,11?. The van der Waals surface area contributed by atoms with Crippen molar-refractivity contribution in [2.75, 3.05) is 13.7 Å². The Kier molecular flexibility index (Phi) is 4.34. The van der Waals surface area contributed by atoms with Crippen molar-refractivity contribution in [3.8, 4) is 0 Å². The van der Waals surface area contributed by atoms with E-state index in [0.717, 1.165) is 5.56 Å². The molecule has 1 amide bonds. The van der Waals surface area contributed by atoms with Gasteiger partial charge in [0.15, 0.2) is 6.10 Å². The second kappa shape index (κ2) is 6.25. The summed E-state index contributed by atoms with van der Waals surface area (Å²) in [5.74, 6) is -0.363. The van der Waals surface area contributed by atoms with Crippen LogP contribution in [0.4, 0.5) is 0 Å². The predicted octanol–water partition coefficient (Wildman–Crippen LogP) is 0.871. The summed E-state index contributed by atoms with van der Waals surface area (Å²) in [5.41, 5.74) is 0.735. The third kappa shape index (κ3) is 3.32.